The molecule has 0 spiro atoms. The third-order valence-corrected chi connectivity index (χ3v) is 9.40. The zero-order valence-corrected chi connectivity index (χ0v) is 27.0. The van der Waals surface area contributed by atoms with Crippen molar-refractivity contribution in [1.29, 1.82) is 0 Å². The Bertz CT molecular complexity index is 1590. The molecule has 7 nitrogen and oxygen atoms in total. The van der Waals surface area contributed by atoms with Gasteiger partial charge in [0.15, 0.2) is 0 Å². The van der Waals surface area contributed by atoms with Crippen molar-refractivity contribution in [3.63, 3.8) is 0 Å². The minimum Gasteiger partial charge on any atom is -0.352 e. The number of carbonyl (C=O) groups is 2. The maximum atomic E-state index is 14.2. The Morgan fingerprint density at radius 1 is 1.00 bits per heavy atom. The topological polar surface area (TPSA) is 86.8 Å². The van der Waals surface area contributed by atoms with Crippen LogP contribution in [0.2, 0.25) is 5.02 Å². The van der Waals surface area contributed by atoms with E-state index in [1.807, 2.05) is 30.3 Å². The lowest BCUT2D eigenvalue weighted by atomic mass is 10.0. The molecule has 1 fully saturated rings. The van der Waals surface area contributed by atoms with Gasteiger partial charge in [0.05, 0.1) is 22.5 Å². The van der Waals surface area contributed by atoms with E-state index in [-0.39, 0.29) is 30.6 Å². The zero-order chi connectivity index (χ0) is 32.1. The van der Waals surface area contributed by atoms with Crippen LogP contribution in [0.5, 0.6) is 0 Å². The molecule has 236 valence electrons. The monoisotopic (exact) mass is 713 g/mol. The maximum Gasteiger partial charge on any atom is 0.417 e. The largest absolute Gasteiger partial charge is 0.417 e. The van der Waals surface area contributed by atoms with Crippen molar-refractivity contribution in [1.82, 2.24) is 10.2 Å². The molecular formula is C31H32BrClF3N3O4S. The highest BCUT2D eigenvalue weighted by Crippen LogP contribution is 2.37. The molecule has 0 heterocycles. The summed E-state index contributed by atoms with van der Waals surface area (Å²) in [6, 6.07) is 17.8. The highest BCUT2D eigenvalue weighted by Gasteiger charge is 2.37. The molecule has 1 aliphatic carbocycles. The van der Waals surface area contributed by atoms with Crippen LogP contribution in [-0.4, -0.2) is 50.0 Å². The molecule has 1 atom stereocenters. The molecule has 13 heteroatoms. The van der Waals surface area contributed by atoms with E-state index in [1.165, 1.54) is 4.90 Å². The predicted octanol–water partition coefficient (Wildman–Crippen LogP) is 6.59. The van der Waals surface area contributed by atoms with E-state index in [1.54, 1.807) is 24.3 Å². The van der Waals surface area contributed by atoms with Crippen LogP contribution in [0.25, 0.3) is 0 Å². The third-order valence-electron chi connectivity index (χ3n) is 7.44. The molecule has 3 aromatic carbocycles. The first kappa shape index (κ1) is 33.8. The van der Waals surface area contributed by atoms with Gasteiger partial charge in [0.2, 0.25) is 21.8 Å². The fraction of sp³-hybridized carbons (Fsp3) is 0.355. The van der Waals surface area contributed by atoms with Gasteiger partial charge in [-0.15, -0.1) is 0 Å². The Morgan fingerprint density at radius 3 is 2.27 bits per heavy atom. The molecule has 0 saturated heterocycles. The standard InChI is InChI=1S/C31H32BrClF3N3O4S/c1-44(42,43)39(25-14-15-27(33)26(18-25)31(34,35)36)20-29(40)38(19-22-10-7-11-23(32)16-22)28(17-21-8-3-2-4-9-21)30(41)37-24-12-5-6-13-24/h2-4,7-11,14-16,18,24,28H,5-6,12-13,17,19-20H2,1H3,(H,37,41). The summed E-state index contributed by atoms with van der Waals surface area (Å²) < 4.78 is 68.1. The van der Waals surface area contributed by atoms with Crippen molar-refractivity contribution < 1.29 is 31.2 Å². The molecule has 4 rings (SSSR count). The molecule has 0 radical (unpaired) electrons. The van der Waals surface area contributed by atoms with Crippen LogP contribution in [0.1, 0.15) is 42.4 Å². The van der Waals surface area contributed by atoms with Crippen molar-refractivity contribution in [2.75, 3.05) is 17.1 Å². The minimum atomic E-state index is -4.86. The Hall–Kier alpha value is -3.09. The average Bonchev–Trinajstić information content (AvgIpc) is 3.46. The van der Waals surface area contributed by atoms with Crippen LogP contribution < -0.4 is 9.62 Å². The van der Waals surface area contributed by atoms with Crippen LogP contribution in [0.3, 0.4) is 0 Å². The summed E-state index contributed by atoms with van der Waals surface area (Å²) in [5, 5.41) is 2.46. The van der Waals surface area contributed by atoms with Crippen molar-refractivity contribution in [2.24, 2.45) is 0 Å². The first-order valence-electron chi connectivity index (χ1n) is 13.9. The SMILES string of the molecule is CS(=O)(=O)N(CC(=O)N(Cc1cccc(Br)c1)C(Cc1ccccc1)C(=O)NC1CCCC1)c1ccc(Cl)c(C(F)(F)F)c1. The molecule has 44 heavy (non-hydrogen) atoms. The number of halogens is 5. The Labute approximate surface area is 268 Å². The molecular weight excluding hydrogens is 683 g/mol. The van der Waals surface area contributed by atoms with E-state index in [9.17, 15) is 31.2 Å². The summed E-state index contributed by atoms with van der Waals surface area (Å²) in [5.41, 5.74) is -0.175. The van der Waals surface area contributed by atoms with Gasteiger partial charge < -0.3 is 10.2 Å². The normalized spacial score (nSPS) is 14.7. The van der Waals surface area contributed by atoms with Crippen LogP contribution in [0.4, 0.5) is 18.9 Å². The quantitative estimate of drug-likeness (QED) is 0.243. The molecule has 1 saturated carbocycles. The summed E-state index contributed by atoms with van der Waals surface area (Å²) >= 11 is 9.19. The van der Waals surface area contributed by atoms with Crippen molar-refractivity contribution in [2.45, 2.75) is 56.9 Å². The van der Waals surface area contributed by atoms with Gasteiger partial charge in [-0.2, -0.15) is 13.2 Å². The molecule has 1 aliphatic rings. The maximum absolute atomic E-state index is 14.2. The highest BCUT2D eigenvalue weighted by molar-refractivity contribution is 9.10. The zero-order valence-electron chi connectivity index (χ0n) is 23.9. The van der Waals surface area contributed by atoms with Gasteiger partial charge in [-0.3, -0.25) is 13.9 Å². The Balaban J connectivity index is 1.76. The number of nitrogens with one attached hydrogen (secondary N) is 1. The molecule has 0 aliphatic heterocycles. The second-order valence-corrected chi connectivity index (χ2v) is 14.0. The lowest BCUT2D eigenvalue weighted by Gasteiger charge is -2.34. The summed E-state index contributed by atoms with van der Waals surface area (Å²) in [6.45, 7) is -0.895. The van der Waals surface area contributed by atoms with Crippen LogP contribution >= 0.6 is 27.5 Å². The third kappa shape index (κ3) is 8.98. The van der Waals surface area contributed by atoms with Gasteiger partial charge in [0, 0.05) is 23.5 Å². The van der Waals surface area contributed by atoms with Crippen molar-refractivity contribution in [3.8, 4) is 0 Å². The smallest absolute Gasteiger partial charge is 0.352 e. The number of sulfonamides is 1. The number of carbonyl (C=O) groups excluding carboxylic acids is 2. The van der Waals surface area contributed by atoms with Gasteiger partial charge in [-0.1, -0.05) is 82.8 Å². The molecule has 2 amide bonds. The lowest BCUT2D eigenvalue weighted by Crippen LogP contribution is -2.54. The van der Waals surface area contributed by atoms with E-state index >= 15 is 0 Å². The summed E-state index contributed by atoms with van der Waals surface area (Å²) in [4.78, 5) is 29.3. The van der Waals surface area contributed by atoms with Crippen LogP contribution in [0, 0.1) is 0 Å². The molecule has 0 bridgehead atoms. The van der Waals surface area contributed by atoms with Gasteiger partial charge in [0.25, 0.3) is 0 Å². The van der Waals surface area contributed by atoms with Gasteiger partial charge in [-0.05, 0) is 54.3 Å². The number of alkyl halides is 3. The number of amides is 2. The van der Waals surface area contributed by atoms with E-state index in [2.05, 4.69) is 21.2 Å². The van der Waals surface area contributed by atoms with Crippen LogP contribution in [0.15, 0.2) is 77.3 Å². The lowest BCUT2D eigenvalue weighted by molar-refractivity contribution is -0.140. The molecule has 1 N–H and O–H groups in total. The summed E-state index contributed by atoms with van der Waals surface area (Å²) in [7, 11) is -4.26. The van der Waals surface area contributed by atoms with E-state index in [0.717, 1.165) is 54.1 Å². The summed E-state index contributed by atoms with van der Waals surface area (Å²) in [6.07, 6.45) is -0.358. The fourth-order valence-corrected chi connectivity index (χ4v) is 6.77. The number of anilines is 1. The fourth-order valence-electron chi connectivity index (χ4n) is 5.25. The van der Waals surface area contributed by atoms with Crippen LogP contribution in [-0.2, 0) is 38.8 Å². The van der Waals surface area contributed by atoms with E-state index in [0.29, 0.717) is 15.9 Å². The number of benzene rings is 3. The molecule has 3 aromatic rings. The van der Waals surface area contributed by atoms with Gasteiger partial charge >= 0.3 is 6.18 Å². The highest BCUT2D eigenvalue weighted by atomic mass is 79.9. The first-order chi connectivity index (χ1) is 20.7. The van der Waals surface area contributed by atoms with Crippen molar-refractivity contribution >= 4 is 55.1 Å². The number of rotatable bonds is 11. The second-order valence-electron chi connectivity index (χ2n) is 10.8. The molecule has 1 unspecified atom stereocenters. The van der Waals surface area contributed by atoms with E-state index < -0.39 is 45.3 Å². The van der Waals surface area contributed by atoms with Gasteiger partial charge in [0.1, 0.15) is 12.6 Å². The minimum absolute atomic E-state index is 0.0500. The predicted molar refractivity (Wildman–Crippen MR) is 168 cm³/mol. The number of nitrogens with zero attached hydrogens (tertiary/aromatic N) is 2. The Morgan fingerprint density at radius 2 is 1.66 bits per heavy atom. The Kier molecular flexibility index (Phi) is 11.0. The van der Waals surface area contributed by atoms with Crippen molar-refractivity contribution in [3.05, 3.63) is 99.0 Å². The number of hydrogen-bond acceptors (Lipinski definition) is 4. The van der Waals surface area contributed by atoms with Gasteiger partial charge in [-0.25, -0.2) is 8.42 Å². The summed E-state index contributed by atoms with van der Waals surface area (Å²) in [5.74, 6) is -1.15. The first-order valence-corrected chi connectivity index (χ1v) is 17.0. The second kappa shape index (κ2) is 14.3. The van der Waals surface area contributed by atoms with E-state index in [4.69, 9.17) is 11.6 Å². The average molecular weight is 715 g/mol. The number of hydrogen-bond donors (Lipinski definition) is 1. The molecule has 0 aromatic heterocycles.